The molecule has 1 aliphatic rings. The van der Waals surface area contributed by atoms with Gasteiger partial charge in [-0.1, -0.05) is 38.8 Å². The molecule has 0 saturated heterocycles. The number of hydroxylamine groups is 1. The van der Waals surface area contributed by atoms with E-state index in [-0.39, 0.29) is 24.1 Å². The van der Waals surface area contributed by atoms with Crippen LogP contribution in [0.5, 0.6) is 0 Å². The van der Waals surface area contributed by atoms with E-state index in [9.17, 15) is 24.8 Å². The summed E-state index contributed by atoms with van der Waals surface area (Å²) in [5, 5.41) is 30.9. The maximum absolute atomic E-state index is 12.8. The Kier molecular flexibility index (Phi) is 6.51. The number of nitrogens with zero attached hydrogens (tertiary/aromatic N) is 2. The minimum atomic E-state index is -1.07. The van der Waals surface area contributed by atoms with Crippen LogP contribution in [0.2, 0.25) is 0 Å². The summed E-state index contributed by atoms with van der Waals surface area (Å²) in [7, 11) is 0. The summed E-state index contributed by atoms with van der Waals surface area (Å²) >= 11 is 0. The van der Waals surface area contributed by atoms with E-state index in [1.165, 1.54) is 18.2 Å². The Hall–Kier alpha value is -2.94. The first-order chi connectivity index (χ1) is 12.9. The predicted molar refractivity (Wildman–Crippen MR) is 95.9 cm³/mol. The second-order valence-electron chi connectivity index (χ2n) is 6.29. The molecule has 146 valence electrons. The fourth-order valence-corrected chi connectivity index (χ4v) is 3.45. The Balaban J connectivity index is 2.63. The van der Waals surface area contributed by atoms with E-state index in [0.717, 1.165) is 11.3 Å². The van der Waals surface area contributed by atoms with Crippen molar-refractivity contribution in [2.24, 2.45) is 0 Å². The van der Waals surface area contributed by atoms with E-state index < -0.39 is 34.6 Å². The van der Waals surface area contributed by atoms with Crippen LogP contribution in [0.4, 0.5) is 5.69 Å². The lowest BCUT2D eigenvalue weighted by molar-refractivity contribution is -0.385. The van der Waals surface area contributed by atoms with Gasteiger partial charge in [-0.05, 0) is 18.9 Å². The smallest absolute Gasteiger partial charge is 0.290 e. The Morgan fingerprint density at radius 1 is 1.37 bits per heavy atom. The molecule has 0 radical (unpaired) electrons. The molecule has 2 rings (SSSR count). The summed E-state index contributed by atoms with van der Waals surface area (Å²) in [5.74, 6) is -2.09. The van der Waals surface area contributed by atoms with Gasteiger partial charge in [-0.3, -0.25) is 24.9 Å². The van der Waals surface area contributed by atoms with Gasteiger partial charge in [0.2, 0.25) is 0 Å². The monoisotopic (exact) mass is 377 g/mol. The summed E-state index contributed by atoms with van der Waals surface area (Å²) < 4.78 is 0. The summed E-state index contributed by atoms with van der Waals surface area (Å²) in [6.07, 6.45) is 1.85. The molecular formula is C18H23N3O6. The first kappa shape index (κ1) is 20.4. The number of aliphatic hydroxyl groups excluding tert-OH is 1. The normalized spacial score (nSPS) is 18.0. The molecule has 2 atom stereocenters. The molecule has 3 N–H and O–H groups in total. The lowest BCUT2D eigenvalue weighted by Gasteiger charge is -2.33. The number of hydrogen-bond donors (Lipinski definition) is 3. The highest BCUT2D eigenvalue weighted by molar-refractivity contribution is 5.99. The molecule has 0 bridgehead atoms. The molecule has 9 heteroatoms. The van der Waals surface area contributed by atoms with Crippen molar-refractivity contribution in [2.45, 2.75) is 51.6 Å². The molecule has 2 amide bonds. The number of amides is 2. The fourth-order valence-electron chi connectivity index (χ4n) is 3.45. The molecule has 0 saturated carbocycles. The standard InChI is InChI=1S/C18H23N3O6/c1-3-5-9-14(17(23)19-25)20-15(11(4-2)16(22)18(20)24)12-8-6-7-10-13(12)21(26)27/h6-8,10,14-15,22,25H,3-5,9H2,1-2H3,(H,19,23). The lowest BCUT2D eigenvalue weighted by atomic mass is 9.94. The third-order valence-electron chi connectivity index (χ3n) is 4.74. The molecule has 0 fully saturated rings. The van der Waals surface area contributed by atoms with Crippen LogP contribution >= 0.6 is 0 Å². The summed E-state index contributed by atoms with van der Waals surface area (Å²) in [6, 6.07) is 3.90. The number of carbonyl (C=O) groups is 2. The maximum atomic E-state index is 12.8. The van der Waals surface area contributed by atoms with Gasteiger partial charge in [0.15, 0.2) is 5.76 Å². The van der Waals surface area contributed by atoms with Gasteiger partial charge in [0.05, 0.1) is 16.5 Å². The van der Waals surface area contributed by atoms with Gasteiger partial charge >= 0.3 is 0 Å². The molecule has 2 unspecified atom stereocenters. The molecular weight excluding hydrogens is 354 g/mol. The van der Waals surface area contributed by atoms with E-state index in [1.54, 1.807) is 18.5 Å². The SMILES string of the molecule is CCCCC(C(=O)NO)N1C(=O)C(O)=C(CC)C1c1ccccc1[N+](=O)[O-]. The Morgan fingerprint density at radius 2 is 2.04 bits per heavy atom. The number of nitro benzene ring substituents is 1. The highest BCUT2D eigenvalue weighted by Gasteiger charge is 2.46. The molecule has 0 spiro atoms. The van der Waals surface area contributed by atoms with Crippen LogP contribution in [-0.4, -0.2) is 38.0 Å². The number of hydrogen-bond acceptors (Lipinski definition) is 6. The first-order valence-electron chi connectivity index (χ1n) is 8.80. The first-order valence-corrected chi connectivity index (χ1v) is 8.80. The minimum absolute atomic E-state index is 0.209. The number of rotatable bonds is 8. The third kappa shape index (κ3) is 3.77. The van der Waals surface area contributed by atoms with Crippen molar-refractivity contribution in [2.75, 3.05) is 0 Å². The zero-order chi connectivity index (χ0) is 20.1. The second kappa shape index (κ2) is 8.63. The number of carbonyl (C=O) groups excluding carboxylic acids is 2. The summed E-state index contributed by atoms with van der Waals surface area (Å²) in [4.78, 5) is 37.1. The topological polar surface area (TPSA) is 133 Å². The maximum Gasteiger partial charge on any atom is 0.290 e. The van der Waals surface area contributed by atoms with Gasteiger partial charge < -0.3 is 10.0 Å². The van der Waals surface area contributed by atoms with Crippen LogP contribution in [0.1, 0.15) is 51.1 Å². The van der Waals surface area contributed by atoms with Crippen molar-refractivity contribution >= 4 is 17.5 Å². The number of para-hydroxylation sites is 1. The number of aliphatic hydroxyl groups is 1. The van der Waals surface area contributed by atoms with Crippen LogP contribution in [-0.2, 0) is 9.59 Å². The number of unbranched alkanes of at least 4 members (excludes halogenated alkanes) is 1. The minimum Gasteiger partial charge on any atom is -0.503 e. The zero-order valence-electron chi connectivity index (χ0n) is 15.2. The molecule has 27 heavy (non-hydrogen) atoms. The highest BCUT2D eigenvalue weighted by atomic mass is 16.6. The quantitative estimate of drug-likeness (QED) is 0.362. The molecule has 1 heterocycles. The van der Waals surface area contributed by atoms with Crippen molar-refractivity contribution < 1.29 is 24.8 Å². The van der Waals surface area contributed by atoms with Crippen molar-refractivity contribution in [1.29, 1.82) is 0 Å². The Labute approximate surface area is 156 Å². The summed E-state index contributed by atoms with van der Waals surface area (Å²) in [6.45, 7) is 3.63. The van der Waals surface area contributed by atoms with Crippen LogP contribution in [0.3, 0.4) is 0 Å². The average Bonchev–Trinajstić information content (AvgIpc) is 2.92. The zero-order valence-corrected chi connectivity index (χ0v) is 15.2. The van der Waals surface area contributed by atoms with Gasteiger partial charge in [0.25, 0.3) is 17.5 Å². The van der Waals surface area contributed by atoms with Crippen molar-refractivity contribution in [3.05, 3.63) is 51.3 Å². The highest BCUT2D eigenvalue weighted by Crippen LogP contribution is 2.43. The molecule has 1 aromatic carbocycles. The second-order valence-corrected chi connectivity index (χ2v) is 6.29. The van der Waals surface area contributed by atoms with E-state index in [0.29, 0.717) is 12.0 Å². The average molecular weight is 377 g/mol. The molecule has 0 aliphatic carbocycles. The van der Waals surface area contributed by atoms with E-state index in [4.69, 9.17) is 5.21 Å². The van der Waals surface area contributed by atoms with E-state index in [1.807, 2.05) is 6.92 Å². The van der Waals surface area contributed by atoms with Gasteiger partial charge in [-0.15, -0.1) is 0 Å². The number of benzene rings is 1. The van der Waals surface area contributed by atoms with Crippen LogP contribution in [0.15, 0.2) is 35.6 Å². The van der Waals surface area contributed by atoms with E-state index >= 15 is 0 Å². The molecule has 1 aromatic rings. The molecule has 9 nitrogen and oxygen atoms in total. The van der Waals surface area contributed by atoms with Gasteiger partial charge in [0.1, 0.15) is 6.04 Å². The largest absolute Gasteiger partial charge is 0.503 e. The number of nitro groups is 1. The molecule has 0 aromatic heterocycles. The number of nitrogens with one attached hydrogen (secondary N) is 1. The van der Waals surface area contributed by atoms with Gasteiger partial charge in [-0.2, -0.15) is 0 Å². The van der Waals surface area contributed by atoms with Crippen LogP contribution in [0, 0.1) is 10.1 Å². The fraction of sp³-hybridized carbons (Fsp3) is 0.444. The van der Waals surface area contributed by atoms with Gasteiger partial charge in [0, 0.05) is 11.6 Å². The Bertz CT molecular complexity index is 776. The van der Waals surface area contributed by atoms with E-state index in [2.05, 4.69) is 0 Å². The van der Waals surface area contributed by atoms with Crippen molar-refractivity contribution in [3.8, 4) is 0 Å². The van der Waals surface area contributed by atoms with Crippen LogP contribution < -0.4 is 5.48 Å². The van der Waals surface area contributed by atoms with Crippen molar-refractivity contribution in [3.63, 3.8) is 0 Å². The van der Waals surface area contributed by atoms with Crippen LogP contribution in [0.25, 0.3) is 0 Å². The molecule has 1 aliphatic heterocycles. The lowest BCUT2D eigenvalue weighted by Crippen LogP contribution is -2.48. The van der Waals surface area contributed by atoms with Crippen molar-refractivity contribution in [1.82, 2.24) is 10.4 Å². The van der Waals surface area contributed by atoms with Gasteiger partial charge in [-0.25, -0.2) is 5.48 Å². The Morgan fingerprint density at radius 3 is 2.59 bits per heavy atom. The third-order valence-corrected chi connectivity index (χ3v) is 4.74. The predicted octanol–water partition coefficient (Wildman–Crippen LogP) is 2.76. The summed E-state index contributed by atoms with van der Waals surface area (Å²) in [5.41, 5.74) is 1.87.